The first-order valence-electron chi connectivity index (χ1n) is 10.0. The number of hydrogen-bond acceptors (Lipinski definition) is 4. The number of aromatic nitrogens is 4. The first-order chi connectivity index (χ1) is 14.7. The van der Waals surface area contributed by atoms with Crippen molar-refractivity contribution in [3.8, 4) is 11.1 Å². The van der Waals surface area contributed by atoms with E-state index in [2.05, 4.69) is 15.1 Å². The zero-order chi connectivity index (χ0) is 22.9. The number of carbonyl (C=O) groups excluding carboxylic acids is 1. The van der Waals surface area contributed by atoms with Crippen LogP contribution in [0, 0.1) is 13.8 Å². The zero-order valence-electron chi connectivity index (χ0n) is 18.0. The SMILES string of the molecule is CC.Cc1cc(-c2cnn3c2C(=O)N(c2cc(C)c(C(F)(F)F)cn2)C[C@@H]3C)ccn1. The van der Waals surface area contributed by atoms with Crippen LogP contribution in [0.3, 0.4) is 0 Å². The number of rotatable bonds is 2. The fourth-order valence-corrected chi connectivity index (χ4v) is 3.57. The second kappa shape index (κ2) is 8.49. The number of carbonyl (C=O) groups is 1. The standard InChI is InChI=1S/C20H18F3N5O.C2H6/c1-11-6-17(25-9-16(11)20(21,22)23)27-10-13(3)28-18(19(27)29)15(8-26-28)14-4-5-24-12(2)7-14;1-2/h4-9,13H,10H2,1-3H3;1-2H3/t13-;/m0./s1. The van der Waals surface area contributed by atoms with Gasteiger partial charge < -0.3 is 0 Å². The van der Waals surface area contributed by atoms with Crippen LogP contribution in [0.4, 0.5) is 19.0 Å². The molecule has 3 aromatic rings. The van der Waals surface area contributed by atoms with Crippen molar-refractivity contribution in [2.45, 2.75) is 46.8 Å². The highest BCUT2D eigenvalue weighted by Crippen LogP contribution is 2.35. The Hall–Kier alpha value is -3.23. The summed E-state index contributed by atoms with van der Waals surface area (Å²) in [5.41, 5.74) is 1.85. The summed E-state index contributed by atoms with van der Waals surface area (Å²) < 4.78 is 40.8. The van der Waals surface area contributed by atoms with Crippen molar-refractivity contribution in [3.05, 3.63) is 59.3 Å². The molecule has 1 amide bonds. The molecular formula is C22H24F3N5O. The second-order valence-electron chi connectivity index (χ2n) is 7.16. The summed E-state index contributed by atoms with van der Waals surface area (Å²) in [6, 6.07) is 4.79. The Labute approximate surface area is 178 Å². The molecule has 4 heterocycles. The van der Waals surface area contributed by atoms with Crippen molar-refractivity contribution in [2.75, 3.05) is 11.4 Å². The minimum Gasteiger partial charge on any atom is -0.289 e. The second-order valence-corrected chi connectivity index (χ2v) is 7.16. The zero-order valence-corrected chi connectivity index (χ0v) is 18.0. The molecule has 1 aliphatic rings. The molecule has 0 bridgehead atoms. The summed E-state index contributed by atoms with van der Waals surface area (Å²) in [5, 5.41) is 4.37. The summed E-state index contributed by atoms with van der Waals surface area (Å²) in [4.78, 5) is 22.8. The highest BCUT2D eigenvalue weighted by atomic mass is 19.4. The molecule has 0 aliphatic carbocycles. The van der Waals surface area contributed by atoms with Crippen molar-refractivity contribution in [2.24, 2.45) is 0 Å². The lowest BCUT2D eigenvalue weighted by molar-refractivity contribution is -0.138. The van der Waals surface area contributed by atoms with E-state index in [0.29, 0.717) is 11.3 Å². The molecular weight excluding hydrogens is 407 g/mol. The van der Waals surface area contributed by atoms with Gasteiger partial charge >= 0.3 is 6.18 Å². The van der Waals surface area contributed by atoms with E-state index in [1.165, 1.54) is 17.9 Å². The molecule has 0 saturated carbocycles. The lowest BCUT2D eigenvalue weighted by Crippen LogP contribution is -2.43. The fourth-order valence-electron chi connectivity index (χ4n) is 3.57. The van der Waals surface area contributed by atoms with Crippen molar-refractivity contribution in [1.82, 2.24) is 19.7 Å². The number of amides is 1. The Bertz CT molecular complexity index is 1110. The lowest BCUT2D eigenvalue weighted by atomic mass is 10.0. The van der Waals surface area contributed by atoms with Gasteiger partial charge in [-0.3, -0.25) is 19.4 Å². The van der Waals surface area contributed by atoms with Gasteiger partial charge in [0.25, 0.3) is 5.91 Å². The van der Waals surface area contributed by atoms with E-state index in [-0.39, 0.29) is 29.9 Å². The van der Waals surface area contributed by atoms with E-state index in [0.717, 1.165) is 17.5 Å². The Morgan fingerprint density at radius 3 is 2.42 bits per heavy atom. The van der Waals surface area contributed by atoms with Gasteiger partial charge in [0, 0.05) is 30.2 Å². The summed E-state index contributed by atoms with van der Waals surface area (Å²) in [6.45, 7) is 9.38. The predicted octanol–water partition coefficient (Wildman–Crippen LogP) is 5.22. The monoisotopic (exact) mass is 431 g/mol. The quantitative estimate of drug-likeness (QED) is 0.558. The highest BCUT2D eigenvalue weighted by Gasteiger charge is 2.36. The molecule has 0 saturated heterocycles. The molecule has 31 heavy (non-hydrogen) atoms. The average molecular weight is 431 g/mol. The van der Waals surface area contributed by atoms with Gasteiger partial charge in [0.05, 0.1) is 17.8 Å². The van der Waals surface area contributed by atoms with Crippen molar-refractivity contribution < 1.29 is 18.0 Å². The number of anilines is 1. The van der Waals surface area contributed by atoms with Crippen LogP contribution in [-0.2, 0) is 6.18 Å². The smallest absolute Gasteiger partial charge is 0.289 e. The van der Waals surface area contributed by atoms with Gasteiger partial charge in [-0.25, -0.2) is 4.98 Å². The van der Waals surface area contributed by atoms with Crippen LogP contribution in [0.2, 0.25) is 0 Å². The normalized spacial score (nSPS) is 15.9. The van der Waals surface area contributed by atoms with Crippen molar-refractivity contribution >= 4 is 11.7 Å². The molecule has 0 radical (unpaired) electrons. The van der Waals surface area contributed by atoms with Crippen LogP contribution < -0.4 is 4.90 Å². The van der Waals surface area contributed by atoms with Crippen LogP contribution in [0.25, 0.3) is 11.1 Å². The minimum absolute atomic E-state index is 0.0204. The number of alkyl halides is 3. The maximum atomic E-state index is 13.3. The van der Waals surface area contributed by atoms with Crippen molar-refractivity contribution in [3.63, 3.8) is 0 Å². The van der Waals surface area contributed by atoms with Gasteiger partial charge in [-0.15, -0.1) is 0 Å². The van der Waals surface area contributed by atoms with Crippen molar-refractivity contribution in [1.29, 1.82) is 0 Å². The Morgan fingerprint density at radius 2 is 1.81 bits per heavy atom. The van der Waals surface area contributed by atoms with Gasteiger partial charge in [-0.05, 0) is 50.1 Å². The fraction of sp³-hybridized carbons (Fsp3) is 0.364. The maximum absolute atomic E-state index is 13.3. The molecule has 0 N–H and O–H groups in total. The van der Waals surface area contributed by atoms with Gasteiger partial charge in [-0.2, -0.15) is 18.3 Å². The van der Waals surface area contributed by atoms with Gasteiger partial charge in [-0.1, -0.05) is 13.8 Å². The van der Waals surface area contributed by atoms with Crippen LogP contribution in [0.5, 0.6) is 0 Å². The Morgan fingerprint density at radius 1 is 1.10 bits per heavy atom. The Kier molecular flexibility index (Phi) is 6.15. The molecule has 1 atom stereocenters. The van der Waals surface area contributed by atoms with Gasteiger partial charge in [0.2, 0.25) is 0 Å². The van der Waals surface area contributed by atoms with Crippen LogP contribution in [0.15, 0.2) is 36.8 Å². The third-order valence-corrected chi connectivity index (χ3v) is 4.99. The largest absolute Gasteiger partial charge is 0.418 e. The van der Waals surface area contributed by atoms with E-state index < -0.39 is 11.7 Å². The number of aryl methyl sites for hydroxylation is 2. The third kappa shape index (κ3) is 4.17. The van der Waals surface area contributed by atoms with E-state index >= 15 is 0 Å². The molecule has 0 aromatic carbocycles. The van der Waals surface area contributed by atoms with Crippen LogP contribution in [0.1, 0.15) is 54.1 Å². The summed E-state index contributed by atoms with van der Waals surface area (Å²) in [6.07, 6.45) is -0.418. The van der Waals surface area contributed by atoms with Gasteiger partial charge in [0.1, 0.15) is 11.5 Å². The first kappa shape index (κ1) is 22.5. The number of pyridine rings is 2. The molecule has 1 aliphatic heterocycles. The number of nitrogens with zero attached hydrogens (tertiary/aromatic N) is 5. The van der Waals surface area contributed by atoms with E-state index in [4.69, 9.17) is 0 Å². The summed E-state index contributed by atoms with van der Waals surface area (Å²) in [5.74, 6) is -0.159. The molecule has 9 heteroatoms. The Balaban J connectivity index is 0.00000132. The number of halogens is 3. The average Bonchev–Trinajstić information content (AvgIpc) is 3.17. The molecule has 164 valence electrons. The molecule has 0 fully saturated rings. The minimum atomic E-state index is -4.49. The first-order valence-corrected chi connectivity index (χ1v) is 10.0. The van der Waals surface area contributed by atoms with E-state index in [9.17, 15) is 18.0 Å². The van der Waals surface area contributed by atoms with Crippen LogP contribution >= 0.6 is 0 Å². The number of fused-ring (bicyclic) bond motifs is 1. The molecule has 6 nitrogen and oxygen atoms in total. The maximum Gasteiger partial charge on any atom is 0.418 e. The summed E-state index contributed by atoms with van der Waals surface area (Å²) >= 11 is 0. The lowest BCUT2D eigenvalue weighted by Gasteiger charge is -2.32. The number of hydrogen-bond donors (Lipinski definition) is 0. The predicted molar refractivity (Wildman–Crippen MR) is 112 cm³/mol. The molecule has 3 aromatic heterocycles. The molecule has 0 unspecified atom stereocenters. The topological polar surface area (TPSA) is 63.9 Å². The van der Waals surface area contributed by atoms with E-state index in [1.54, 1.807) is 23.1 Å². The highest BCUT2D eigenvalue weighted by molar-refractivity contribution is 6.09. The third-order valence-electron chi connectivity index (χ3n) is 4.99. The molecule has 0 spiro atoms. The van der Waals surface area contributed by atoms with E-state index in [1.807, 2.05) is 33.8 Å². The molecule has 4 rings (SSSR count). The van der Waals surface area contributed by atoms with Crippen LogP contribution in [-0.4, -0.2) is 32.2 Å². The van der Waals surface area contributed by atoms with Gasteiger partial charge in [0.15, 0.2) is 0 Å². The summed E-state index contributed by atoms with van der Waals surface area (Å²) in [7, 11) is 0.